The van der Waals surface area contributed by atoms with E-state index in [1.54, 1.807) is 11.6 Å². The van der Waals surface area contributed by atoms with Gasteiger partial charge in [0, 0.05) is 11.0 Å². The van der Waals surface area contributed by atoms with E-state index in [-0.39, 0.29) is 5.41 Å². The Labute approximate surface area is 144 Å². The molecule has 0 atom stereocenters. The molecule has 0 aromatic heterocycles. The average molecular weight is 324 g/mol. The molecule has 4 fully saturated rings. The van der Waals surface area contributed by atoms with Crippen molar-refractivity contribution in [3.05, 3.63) is 35.4 Å². The van der Waals surface area contributed by atoms with Crippen molar-refractivity contribution in [3.63, 3.8) is 0 Å². The molecule has 1 N–H and O–H groups in total. The summed E-state index contributed by atoms with van der Waals surface area (Å²) < 4.78 is 6.28. The monoisotopic (exact) mass is 324 g/mol. The summed E-state index contributed by atoms with van der Waals surface area (Å²) in [6, 6.07) is 7.65. The van der Waals surface area contributed by atoms with Gasteiger partial charge < -0.3 is 9.84 Å². The number of hydrogen-bond donors (Lipinski definition) is 1. The number of aromatic hydroxyl groups is 1. The zero-order valence-electron chi connectivity index (χ0n) is 14.8. The van der Waals surface area contributed by atoms with E-state index >= 15 is 0 Å². The Morgan fingerprint density at radius 3 is 2.21 bits per heavy atom. The van der Waals surface area contributed by atoms with Gasteiger partial charge in [-0.1, -0.05) is 26.0 Å². The summed E-state index contributed by atoms with van der Waals surface area (Å²) in [5, 5.41) is 9.95. The number of hydrogen-bond acceptors (Lipinski definition) is 2. The van der Waals surface area contributed by atoms with Crippen molar-refractivity contribution < 1.29 is 9.84 Å². The van der Waals surface area contributed by atoms with Gasteiger partial charge in [-0.05, 0) is 79.4 Å². The molecule has 0 unspecified atom stereocenters. The summed E-state index contributed by atoms with van der Waals surface area (Å²) in [6.45, 7) is 5.49. The molecule has 0 saturated heterocycles. The minimum absolute atomic E-state index is 0.104. The molecule has 1 aliphatic heterocycles. The molecular weight excluding hydrogens is 296 g/mol. The zero-order valence-corrected chi connectivity index (χ0v) is 14.8. The number of phenolic OH excluding ortho intramolecular Hbond substituents is 1. The van der Waals surface area contributed by atoms with Crippen LogP contribution in [0.2, 0.25) is 0 Å². The van der Waals surface area contributed by atoms with Crippen LogP contribution in [0.4, 0.5) is 0 Å². The highest BCUT2D eigenvalue weighted by atomic mass is 16.5. The molecule has 4 aliphatic carbocycles. The molecule has 0 amide bonds. The van der Waals surface area contributed by atoms with E-state index in [0.29, 0.717) is 11.2 Å². The highest BCUT2D eigenvalue weighted by molar-refractivity contribution is 5.69. The highest BCUT2D eigenvalue weighted by Crippen LogP contribution is 2.67. The maximum atomic E-state index is 9.95. The van der Waals surface area contributed by atoms with Crippen molar-refractivity contribution in [2.45, 2.75) is 52.4 Å². The second-order valence-corrected chi connectivity index (χ2v) is 9.62. The molecule has 4 bridgehead atoms. The quantitative estimate of drug-likeness (QED) is 0.792. The van der Waals surface area contributed by atoms with Crippen LogP contribution in [-0.2, 0) is 4.74 Å². The normalized spacial score (nSPS) is 39.3. The molecular formula is C22H28O2. The number of ether oxygens (including phenoxy) is 1. The lowest BCUT2D eigenvalue weighted by atomic mass is 9.45. The summed E-state index contributed by atoms with van der Waals surface area (Å²) >= 11 is 0. The maximum absolute atomic E-state index is 9.95. The van der Waals surface area contributed by atoms with Crippen molar-refractivity contribution in [1.82, 2.24) is 0 Å². The first-order valence-electron chi connectivity index (χ1n) is 9.63. The number of rotatable bonds is 2. The largest absolute Gasteiger partial charge is 0.508 e. The third kappa shape index (κ3) is 2.08. The first kappa shape index (κ1) is 14.9. The van der Waals surface area contributed by atoms with Gasteiger partial charge in [0.05, 0.1) is 6.61 Å². The van der Waals surface area contributed by atoms with Gasteiger partial charge in [-0.15, -0.1) is 0 Å². The van der Waals surface area contributed by atoms with Gasteiger partial charge in [-0.3, -0.25) is 0 Å². The molecule has 24 heavy (non-hydrogen) atoms. The summed E-state index contributed by atoms with van der Waals surface area (Å²) in [4.78, 5) is 0. The van der Waals surface area contributed by atoms with Crippen LogP contribution < -0.4 is 0 Å². The average Bonchev–Trinajstić information content (AvgIpc) is 2.82. The van der Waals surface area contributed by atoms with Gasteiger partial charge in [-0.25, -0.2) is 0 Å². The lowest BCUT2D eigenvalue weighted by Gasteiger charge is -2.58. The smallest absolute Gasteiger partial charge is 0.127 e. The number of benzene rings is 1. The predicted molar refractivity (Wildman–Crippen MR) is 95.4 cm³/mol. The minimum Gasteiger partial charge on any atom is -0.508 e. The van der Waals surface area contributed by atoms with Crippen LogP contribution in [0, 0.1) is 28.6 Å². The zero-order chi connectivity index (χ0) is 16.5. The maximum Gasteiger partial charge on any atom is 0.127 e. The molecule has 1 aromatic rings. The van der Waals surface area contributed by atoms with Crippen molar-refractivity contribution in [1.29, 1.82) is 0 Å². The van der Waals surface area contributed by atoms with Gasteiger partial charge in [-0.2, -0.15) is 0 Å². The summed E-state index contributed by atoms with van der Waals surface area (Å²) in [5.41, 5.74) is 3.09. The van der Waals surface area contributed by atoms with Gasteiger partial charge in [0.1, 0.15) is 11.5 Å². The van der Waals surface area contributed by atoms with Crippen molar-refractivity contribution in [2.75, 3.05) is 6.61 Å². The molecule has 4 saturated carbocycles. The first-order valence-corrected chi connectivity index (χ1v) is 9.63. The van der Waals surface area contributed by atoms with Crippen molar-refractivity contribution in [2.24, 2.45) is 28.6 Å². The fourth-order valence-corrected chi connectivity index (χ4v) is 6.95. The van der Waals surface area contributed by atoms with E-state index < -0.39 is 0 Å². The van der Waals surface area contributed by atoms with E-state index in [4.69, 9.17) is 4.74 Å². The van der Waals surface area contributed by atoms with Crippen molar-refractivity contribution >= 4 is 5.76 Å². The van der Waals surface area contributed by atoms with Crippen LogP contribution in [0.3, 0.4) is 0 Å². The molecule has 1 aromatic carbocycles. The lowest BCUT2D eigenvalue weighted by molar-refractivity contribution is -0.0381. The Kier molecular flexibility index (Phi) is 2.98. The van der Waals surface area contributed by atoms with Crippen LogP contribution in [0.1, 0.15) is 57.9 Å². The fraction of sp³-hybridized carbons (Fsp3) is 0.636. The van der Waals surface area contributed by atoms with E-state index in [1.165, 1.54) is 38.5 Å². The van der Waals surface area contributed by atoms with Crippen LogP contribution in [0.15, 0.2) is 29.8 Å². The van der Waals surface area contributed by atoms with Crippen LogP contribution in [-0.4, -0.2) is 11.7 Å². The van der Waals surface area contributed by atoms with Gasteiger partial charge >= 0.3 is 0 Å². The molecule has 2 nitrogen and oxygen atoms in total. The SMILES string of the molecule is CC1(C)COC(c2cccc(O)c2)=C1C12CC3CC(CC(C3)C1)C2. The van der Waals surface area contributed by atoms with E-state index in [1.807, 2.05) is 12.1 Å². The molecule has 6 rings (SSSR count). The third-order valence-corrected chi connectivity index (χ3v) is 7.16. The van der Waals surface area contributed by atoms with E-state index in [2.05, 4.69) is 19.9 Å². The summed E-state index contributed by atoms with van der Waals surface area (Å²) in [6.07, 6.45) is 8.50. The Balaban J connectivity index is 1.66. The van der Waals surface area contributed by atoms with E-state index in [9.17, 15) is 5.11 Å². The third-order valence-electron chi connectivity index (χ3n) is 7.16. The molecule has 0 spiro atoms. The molecule has 0 radical (unpaired) electrons. The lowest BCUT2D eigenvalue weighted by Crippen LogP contribution is -2.49. The molecule has 5 aliphatic rings. The second kappa shape index (κ2) is 4.80. The highest BCUT2D eigenvalue weighted by Gasteiger charge is 2.57. The molecule has 2 heteroatoms. The predicted octanol–water partition coefficient (Wildman–Crippen LogP) is 5.38. The topological polar surface area (TPSA) is 29.5 Å². The Morgan fingerprint density at radius 1 is 1.00 bits per heavy atom. The Bertz CT molecular complexity index is 677. The van der Waals surface area contributed by atoms with Gasteiger partial charge in [0.2, 0.25) is 0 Å². The van der Waals surface area contributed by atoms with Gasteiger partial charge in [0.15, 0.2) is 0 Å². The molecule has 128 valence electrons. The van der Waals surface area contributed by atoms with Crippen LogP contribution in [0.25, 0.3) is 5.76 Å². The first-order chi connectivity index (χ1) is 11.5. The van der Waals surface area contributed by atoms with Crippen molar-refractivity contribution in [3.8, 4) is 5.75 Å². The summed E-state index contributed by atoms with van der Waals surface area (Å²) in [5.74, 6) is 4.22. The Hall–Kier alpha value is -1.44. The molecule has 1 heterocycles. The summed E-state index contributed by atoms with van der Waals surface area (Å²) in [7, 11) is 0. The number of phenols is 1. The van der Waals surface area contributed by atoms with Crippen LogP contribution in [0.5, 0.6) is 5.75 Å². The second-order valence-electron chi connectivity index (χ2n) is 9.62. The fourth-order valence-electron chi connectivity index (χ4n) is 6.95. The van der Waals surface area contributed by atoms with E-state index in [0.717, 1.165) is 35.7 Å². The van der Waals surface area contributed by atoms with Crippen LogP contribution >= 0.6 is 0 Å². The Morgan fingerprint density at radius 2 is 1.62 bits per heavy atom. The minimum atomic E-state index is 0.104. The van der Waals surface area contributed by atoms with Gasteiger partial charge in [0.25, 0.3) is 0 Å². The standard InChI is InChI=1S/C22H28O2/c1-21(2)13-24-19(17-4-3-5-18(23)9-17)20(21)22-10-14-6-15(11-22)8-16(7-14)12-22/h3-5,9,14-16,23H,6-8,10-13H2,1-2H3.